The molecule has 1 aromatic rings. The van der Waals surface area contributed by atoms with Gasteiger partial charge in [-0.2, -0.15) is 0 Å². The van der Waals surface area contributed by atoms with Crippen molar-refractivity contribution < 1.29 is 14.4 Å². The number of carbonyl (C=O) groups excluding carboxylic acids is 3. The van der Waals surface area contributed by atoms with E-state index in [1.807, 2.05) is 6.07 Å². The van der Waals surface area contributed by atoms with Gasteiger partial charge in [-0.1, -0.05) is 62.9 Å². The number of unbranched alkanes of at least 4 members (excludes halogenated alkanes) is 3. The van der Waals surface area contributed by atoms with E-state index in [9.17, 15) is 14.4 Å². The largest absolute Gasteiger partial charge is 0.328 e. The van der Waals surface area contributed by atoms with Gasteiger partial charge in [-0.05, 0) is 12.0 Å². The van der Waals surface area contributed by atoms with E-state index in [1.54, 1.807) is 24.3 Å². The second-order valence-corrected chi connectivity index (χ2v) is 5.32. The Morgan fingerprint density at radius 2 is 1.52 bits per heavy atom. The Kier molecular flexibility index (Phi) is 4.73. The van der Waals surface area contributed by atoms with Crippen molar-refractivity contribution in [2.24, 2.45) is 0 Å². The normalized spacial score (nSPS) is 17.3. The highest BCUT2D eigenvalue weighted by Crippen LogP contribution is 2.32. The van der Waals surface area contributed by atoms with Crippen LogP contribution in [0.2, 0.25) is 0 Å². The number of rotatable bonds is 6. The third kappa shape index (κ3) is 2.96. The fraction of sp³-hybridized carbons (Fsp3) is 0.438. The number of amides is 4. The molecule has 2 N–H and O–H groups in total. The molecule has 2 rings (SSSR count). The zero-order valence-electron chi connectivity index (χ0n) is 12.1. The summed E-state index contributed by atoms with van der Waals surface area (Å²) in [5.41, 5.74) is -0.674. The first-order valence-corrected chi connectivity index (χ1v) is 7.33. The lowest BCUT2D eigenvalue weighted by molar-refractivity contribution is -0.139. The van der Waals surface area contributed by atoms with Crippen molar-refractivity contribution in [3.63, 3.8) is 0 Å². The molecule has 112 valence electrons. The summed E-state index contributed by atoms with van der Waals surface area (Å²) in [7, 11) is 0. The van der Waals surface area contributed by atoms with Crippen LogP contribution >= 0.6 is 0 Å². The van der Waals surface area contributed by atoms with Crippen LogP contribution in [0.15, 0.2) is 30.3 Å². The maximum atomic E-state index is 12.4. The van der Waals surface area contributed by atoms with Gasteiger partial charge in [0.25, 0.3) is 0 Å². The lowest BCUT2D eigenvalue weighted by Crippen LogP contribution is -2.64. The maximum Gasteiger partial charge on any atom is 0.328 e. The minimum absolute atomic E-state index is 0.405. The molecular weight excluding hydrogens is 268 g/mol. The zero-order chi connectivity index (χ0) is 15.3. The van der Waals surface area contributed by atoms with Crippen molar-refractivity contribution in [3.8, 4) is 0 Å². The monoisotopic (exact) mass is 288 g/mol. The van der Waals surface area contributed by atoms with Crippen molar-refractivity contribution in [2.75, 3.05) is 0 Å². The van der Waals surface area contributed by atoms with E-state index in [0.717, 1.165) is 25.7 Å². The van der Waals surface area contributed by atoms with Crippen LogP contribution in [0.3, 0.4) is 0 Å². The van der Waals surface area contributed by atoms with Gasteiger partial charge in [-0.3, -0.25) is 20.2 Å². The predicted molar refractivity (Wildman–Crippen MR) is 78.6 cm³/mol. The lowest BCUT2D eigenvalue weighted by Gasteiger charge is -2.34. The highest BCUT2D eigenvalue weighted by atomic mass is 16.2. The third-order valence-electron chi connectivity index (χ3n) is 3.90. The lowest BCUT2D eigenvalue weighted by atomic mass is 9.73. The van der Waals surface area contributed by atoms with E-state index in [1.165, 1.54) is 0 Å². The van der Waals surface area contributed by atoms with Crippen LogP contribution < -0.4 is 10.6 Å². The Morgan fingerprint density at radius 3 is 2.10 bits per heavy atom. The van der Waals surface area contributed by atoms with Gasteiger partial charge in [-0.25, -0.2) is 4.79 Å². The molecule has 1 heterocycles. The molecule has 1 aliphatic rings. The number of carbonyl (C=O) groups is 3. The van der Waals surface area contributed by atoms with Crippen molar-refractivity contribution in [3.05, 3.63) is 35.9 Å². The Bertz CT molecular complexity index is 520. The molecule has 1 aromatic carbocycles. The third-order valence-corrected chi connectivity index (χ3v) is 3.90. The average molecular weight is 288 g/mol. The number of urea groups is 1. The van der Waals surface area contributed by atoms with Crippen LogP contribution in [0.25, 0.3) is 0 Å². The van der Waals surface area contributed by atoms with Gasteiger partial charge in [0.05, 0.1) is 0 Å². The van der Waals surface area contributed by atoms with E-state index in [4.69, 9.17) is 0 Å². The molecule has 0 spiro atoms. The number of benzene rings is 1. The molecule has 1 saturated heterocycles. The molecule has 0 radical (unpaired) electrons. The van der Waals surface area contributed by atoms with E-state index in [0.29, 0.717) is 12.0 Å². The van der Waals surface area contributed by atoms with Crippen LogP contribution in [0.4, 0.5) is 4.79 Å². The minimum atomic E-state index is -1.30. The van der Waals surface area contributed by atoms with Gasteiger partial charge >= 0.3 is 6.03 Å². The first-order chi connectivity index (χ1) is 10.1. The van der Waals surface area contributed by atoms with Gasteiger partial charge in [-0.15, -0.1) is 0 Å². The van der Waals surface area contributed by atoms with Crippen molar-refractivity contribution in [1.82, 2.24) is 10.6 Å². The van der Waals surface area contributed by atoms with Gasteiger partial charge in [0.1, 0.15) is 0 Å². The Morgan fingerprint density at radius 1 is 0.905 bits per heavy atom. The van der Waals surface area contributed by atoms with Gasteiger partial charge in [0.2, 0.25) is 11.8 Å². The summed E-state index contributed by atoms with van der Waals surface area (Å²) in [6.07, 6.45) is 4.27. The SMILES string of the molecule is CCCCCCC1(c2ccccc2)C(=O)NC(=O)NC1=O. The Balaban J connectivity index is 2.32. The Labute approximate surface area is 124 Å². The van der Waals surface area contributed by atoms with Gasteiger partial charge < -0.3 is 0 Å². The number of barbiturate groups is 1. The number of hydrogen-bond donors (Lipinski definition) is 2. The molecule has 5 nitrogen and oxygen atoms in total. The van der Waals surface area contributed by atoms with Gasteiger partial charge in [0.15, 0.2) is 5.41 Å². The van der Waals surface area contributed by atoms with Crippen molar-refractivity contribution >= 4 is 17.8 Å². The molecular formula is C16H20N2O3. The summed E-state index contributed by atoms with van der Waals surface area (Å²) in [6.45, 7) is 2.10. The molecule has 1 fully saturated rings. The van der Waals surface area contributed by atoms with Crippen molar-refractivity contribution in [2.45, 2.75) is 44.4 Å². The van der Waals surface area contributed by atoms with E-state index < -0.39 is 23.3 Å². The van der Waals surface area contributed by atoms with Crippen molar-refractivity contribution in [1.29, 1.82) is 0 Å². The zero-order valence-corrected chi connectivity index (χ0v) is 12.1. The highest BCUT2D eigenvalue weighted by Gasteiger charge is 2.50. The van der Waals surface area contributed by atoms with Crippen LogP contribution in [0.1, 0.15) is 44.6 Å². The van der Waals surface area contributed by atoms with Crippen LogP contribution in [0, 0.1) is 0 Å². The molecule has 0 aliphatic carbocycles. The van der Waals surface area contributed by atoms with E-state index >= 15 is 0 Å². The quantitative estimate of drug-likeness (QED) is 0.623. The molecule has 5 heteroatoms. The summed E-state index contributed by atoms with van der Waals surface area (Å²) >= 11 is 0. The fourth-order valence-corrected chi connectivity index (χ4v) is 2.73. The molecule has 0 saturated carbocycles. The molecule has 1 aliphatic heterocycles. The first kappa shape index (κ1) is 15.2. The van der Waals surface area contributed by atoms with Gasteiger partial charge in [0, 0.05) is 0 Å². The number of imide groups is 2. The topological polar surface area (TPSA) is 75.3 Å². The summed E-state index contributed by atoms with van der Waals surface area (Å²) in [4.78, 5) is 36.1. The molecule has 0 atom stereocenters. The number of hydrogen-bond acceptors (Lipinski definition) is 3. The molecule has 0 unspecified atom stereocenters. The summed E-state index contributed by atoms with van der Waals surface area (Å²) in [6, 6.07) is 8.19. The number of nitrogens with one attached hydrogen (secondary N) is 2. The Hall–Kier alpha value is -2.17. The summed E-state index contributed by atoms with van der Waals surface area (Å²) in [5.74, 6) is -1.06. The summed E-state index contributed by atoms with van der Waals surface area (Å²) < 4.78 is 0. The summed E-state index contributed by atoms with van der Waals surface area (Å²) in [5, 5.41) is 4.46. The minimum Gasteiger partial charge on any atom is -0.277 e. The predicted octanol–water partition coefficient (Wildman–Crippen LogP) is 2.26. The molecule has 0 bridgehead atoms. The standard InChI is InChI=1S/C16H20N2O3/c1-2-3-4-8-11-16(12-9-6-5-7-10-12)13(19)17-15(21)18-14(16)20/h5-7,9-10H,2-4,8,11H2,1H3,(H2,17,18,19,20,21). The van der Waals surface area contributed by atoms with Crippen LogP contribution in [0.5, 0.6) is 0 Å². The first-order valence-electron chi connectivity index (χ1n) is 7.33. The maximum absolute atomic E-state index is 12.4. The second-order valence-electron chi connectivity index (χ2n) is 5.32. The average Bonchev–Trinajstić information content (AvgIpc) is 2.47. The molecule has 4 amide bonds. The highest BCUT2D eigenvalue weighted by molar-refractivity contribution is 6.22. The van der Waals surface area contributed by atoms with Crippen LogP contribution in [-0.4, -0.2) is 17.8 Å². The smallest absolute Gasteiger partial charge is 0.277 e. The second kappa shape index (κ2) is 6.52. The van der Waals surface area contributed by atoms with E-state index in [2.05, 4.69) is 17.6 Å². The fourth-order valence-electron chi connectivity index (χ4n) is 2.73. The molecule has 21 heavy (non-hydrogen) atoms. The van der Waals surface area contributed by atoms with E-state index in [-0.39, 0.29) is 0 Å². The molecule has 0 aromatic heterocycles. The van der Waals surface area contributed by atoms with Crippen LogP contribution in [-0.2, 0) is 15.0 Å².